The van der Waals surface area contributed by atoms with Crippen LogP contribution in [0.5, 0.6) is 0 Å². The fraction of sp³-hybridized carbons (Fsp3) is 0.214. The topological polar surface area (TPSA) is 64.0 Å². The van der Waals surface area contributed by atoms with E-state index in [-0.39, 0.29) is 18.0 Å². The Morgan fingerprint density at radius 2 is 2.05 bits per heavy atom. The highest BCUT2D eigenvalue weighted by Gasteiger charge is 2.03. The van der Waals surface area contributed by atoms with Crippen molar-refractivity contribution in [1.29, 1.82) is 0 Å². The molecule has 0 spiro atoms. The van der Waals surface area contributed by atoms with Crippen LogP contribution in [0.25, 0.3) is 0 Å². The van der Waals surface area contributed by atoms with Crippen LogP contribution in [0.1, 0.15) is 5.69 Å². The van der Waals surface area contributed by atoms with Gasteiger partial charge in [-0.2, -0.15) is 0 Å². The van der Waals surface area contributed by atoms with Crippen LogP contribution in [-0.4, -0.2) is 22.0 Å². The Labute approximate surface area is 110 Å². The Morgan fingerprint density at radius 1 is 1.21 bits per heavy atom. The lowest BCUT2D eigenvalue weighted by atomic mass is 10.3. The van der Waals surface area contributed by atoms with Crippen molar-refractivity contribution in [3.8, 4) is 0 Å². The van der Waals surface area contributed by atoms with Gasteiger partial charge in [-0.25, -0.2) is 0 Å². The normalized spacial score (nSPS) is 10.1. The molecule has 2 rings (SSSR count). The van der Waals surface area contributed by atoms with E-state index in [1.807, 2.05) is 18.2 Å². The van der Waals surface area contributed by atoms with E-state index in [2.05, 4.69) is 10.3 Å². The number of hydrogen-bond donors (Lipinski definition) is 1. The summed E-state index contributed by atoms with van der Waals surface area (Å²) in [4.78, 5) is 27.3. The number of aromatic nitrogens is 2. The van der Waals surface area contributed by atoms with Gasteiger partial charge in [0.15, 0.2) is 0 Å². The molecule has 5 nitrogen and oxygen atoms in total. The molecule has 0 saturated heterocycles. The highest BCUT2D eigenvalue weighted by molar-refractivity contribution is 5.75. The minimum atomic E-state index is -0.178. The summed E-state index contributed by atoms with van der Waals surface area (Å²) >= 11 is 0. The van der Waals surface area contributed by atoms with Crippen LogP contribution in [-0.2, 0) is 17.8 Å². The van der Waals surface area contributed by atoms with Gasteiger partial charge in [0.1, 0.15) is 6.54 Å². The third-order valence-corrected chi connectivity index (χ3v) is 2.64. The van der Waals surface area contributed by atoms with E-state index in [9.17, 15) is 9.59 Å². The molecule has 0 unspecified atom stereocenters. The summed E-state index contributed by atoms with van der Waals surface area (Å²) in [5.41, 5.74) is 0.752. The molecule has 0 aromatic carbocycles. The van der Waals surface area contributed by atoms with Gasteiger partial charge < -0.3 is 9.88 Å². The van der Waals surface area contributed by atoms with Gasteiger partial charge in [0.25, 0.3) is 5.56 Å². The lowest BCUT2D eigenvalue weighted by Crippen LogP contribution is -2.32. The zero-order valence-electron chi connectivity index (χ0n) is 10.5. The maximum absolute atomic E-state index is 11.7. The second-order valence-electron chi connectivity index (χ2n) is 4.09. The van der Waals surface area contributed by atoms with Gasteiger partial charge in [-0.3, -0.25) is 14.6 Å². The Kier molecular flexibility index (Phi) is 4.44. The molecule has 0 aliphatic heterocycles. The first-order valence-electron chi connectivity index (χ1n) is 6.08. The molecule has 0 aliphatic carbocycles. The number of rotatable bonds is 5. The van der Waals surface area contributed by atoms with Crippen LogP contribution >= 0.6 is 0 Å². The molecule has 0 bridgehead atoms. The molecule has 0 saturated carbocycles. The summed E-state index contributed by atoms with van der Waals surface area (Å²) in [5.74, 6) is -0.177. The predicted octanol–water partition coefficient (Wildman–Crippen LogP) is 0.602. The van der Waals surface area contributed by atoms with E-state index in [0.717, 1.165) is 5.69 Å². The minimum absolute atomic E-state index is 0.0435. The summed E-state index contributed by atoms with van der Waals surface area (Å²) in [6.07, 6.45) is 4.00. The summed E-state index contributed by atoms with van der Waals surface area (Å²) in [5, 5.41) is 2.77. The molecule has 1 amide bonds. The van der Waals surface area contributed by atoms with Crippen LogP contribution in [0.15, 0.2) is 53.6 Å². The molecule has 2 heterocycles. The Morgan fingerprint density at radius 3 is 2.79 bits per heavy atom. The van der Waals surface area contributed by atoms with Gasteiger partial charge in [0, 0.05) is 37.1 Å². The van der Waals surface area contributed by atoms with Gasteiger partial charge in [0.2, 0.25) is 5.91 Å². The standard InChI is InChI=1S/C14H15N3O2/c18-13(11-17-10-4-2-6-14(17)19)16-9-7-12-5-1-3-8-15-12/h1-6,8,10H,7,9,11H2,(H,16,18). The Balaban J connectivity index is 1.79. The number of nitrogens with one attached hydrogen (secondary N) is 1. The highest BCUT2D eigenvalue weighted by Crippen LogP contribution is 1.93. The van der Waals surface area contributed by atoms with Crippen molar-refractivity contribution < 1.29 is 4.79 Å². The van der Waals surface area contributed by atoms with E-state index in [4.69, 9.17) is 0 Å². The molecule has 1 N–H and O–H groups in total. The van der Waals surface area contributed by atoms with Crippen molar-refractivity contribution in [1.82, 2.24) is 14.9 Å². The fourth-order valence-electron chi connectivity index (χ4n) is 1.68. The molecule has 2 aromatic rings. The average Bonchev–Trinajstić information content (AvgIpc) is 2.43. The number of pyridine rings is 2. The molecule has 19 heavy (non-hydrogen) atoms. The first kappa shape index (κ1) is 13.0. The number of nitrogens with zero attached hydrogens (tertiary/aromatic N) is 2. The lowest BCUT2D eigenvalue weighted by Gasteiger charge is -2.06. The molecule has 98 valence electrons. The largest absolute Gasteiger partial charge is 0.354 e. The maximum Gasteiger partial charge on any atom is 0.250 e. The quantitative estimate of drug-likeness (QED) is 0.853. The van der Waals surface area contributed by atoms with Crippen LogP contribution < -0.4 is 10.9 Å². The molecule has 0 radical (unpaired) electrons. The van der Waals surface area contributed by atoms with Crippen LogP contribution in [0.4, 0.5) is 0 Å². The second kappa shape index (κ2) is 6.49. The average molecular weight is 257 g/mol. The van der Waals surface area contributed by atoms with Gasteiger partial charge >= 0.3 is 0 Å². The van der Waals surface area contributed by atoms with Crippen LogP contribution in [0.3, 0.4) is 0 Å². The zero-order chi connectivity index (χ0) is 13.5. The van der Waals surface area contributed by atoms with Crippen LogP contribution in [0, 0.1) is 0 Å². The van der Waals surface area contributed by atoms with Crippen molar-refractivity contribution in [2.24, 2.45) is 0 Å². The fourth-order valence-corrected chi connectivity index (χ4v) is 1.68. The number of carbonyl (C=O) groups excluding carboxylic acids is 1. The molecule has 5 heteroatoms. The van der Waals surface area contributed by atoms with Crippen LogP contribution in [0.2, 0.25) is 0 Å². The summed E-state index contributed by atoms with van der Waals surface area (Å²) < 4.78 is 1.37. The number of amides is 1. The number of carbonyl (C=O) groups is 1. The van der Waals surface area contributed by atoms with Crippen molar-refractivity contribution >= 4 is 5.91 Å². The van der Waals surface area contributed by atoms with Crippen molar-refractivity contribution in [3.63, 3.8) is 0 Å². The van der Waals surface area contributed by atoms with E-state index < -0.39 is 0 Å². The molecular formula is C14H15N3O2. The maximum atomic E-state index is 11.7. The minimum Gasteiger partial charge on any atom is -0.354 e. The summed E-state index contributed by atoms with van der Waals surface area (Å²) in [6.45, 7) is 0.555. The molecule has 2 aromatic heterocycles. The van der Waals surface area contributed by atoms with Crippen molar-refractivity contribution in [2.45, 2.75) is 13.0 Å². The van der Waals surface area contributed by atoms with Gasteiger partial charge in [-0.05, 0) is 18.2 Å². The molecular weight excluding hydrogens is 242 g/mol. The molecule has 0 aliphatic rings. The summed E-state index contributed by atoms with van der Waals surface area (Å²) in [7, 11) is 0. The SMILES string of the molecule is O=C(Cn1ccccc1=O)NCCc1ccccn1. The lowest BCUT2D eigenvalue weighted by molar-refractivity contribution is -0.121. The second-order valence-corrected chi connectivity index (χ2v) is 4.09. The molecule has 0 atom stereocenters. The van der Waals surface area contributed by atoms with Gasteiger partial charge in [0.05, 0.1) is 0 Å². The Hall–Kier alpha value is -2.43. The third kappa shape index (κ3) is 4.06. The van der Waals surface area contributed by atoms with Crippen molar-refractivity contribution in [3.05, 3.63) is 64.8 Å². The zero-order valence-corrected chi connectivity index (χ0v) is 10.5. The smallest absolute Gasteiger partial charge is 0.250 e. The van der Waals surface area contributed by atoms with Gasteiger partial charge in [-0.1, -0.05) is 12.1 Å². The van der Waals surface area contributed by atoms with Gasteiger partial charge in [-0.15, -0.1) is 0 Å². The monoisotopic (exact) mass is 257 g/mol. The van der Waals surface area contributed by atoms with E-state index >= 15 is 0 Å². The molecule has 0 fully saturated rings. The predicted molar refractivity (Wildman–Crippen MR) is 71.7 cm³/mol. The third-order valence-electron chi connectivity index (χ3n) is 2.64. The van der Waals surface area contributed by atoms with E-state index in [1.165, 1.54) is 10.6 Å². The highest BCUT2D eigenvalue weighted by atomic mass is 16.2. The number of hydrogen-bond acceptors (Lipinski definition) is 3. The summed E-state index contributed by atoms with van der Waals surface area (Å²) in [6, 6.07) is 10.5. The first-order valence-corrected chi connectivity index (χ1v) is 6.08. The van der Waals surface area contributed by atoms with E-state index in [1.54, 1.807) is 24.5 Å². The first-order chi connectivity index (χ1) is 9.25. The Bertz CT molecular complexity index is 593. The van der Waals surface area contributed by atoms with E-state index in [0.29, 0.717) is 13.0 Å². The van der Waals surface area contributed by atoms with Crippen molar-refractivity contribution in [2.75, 3.05) is 6.54 Å².